The molecule has 10 nitrogen and oxygen atoms in total. The number of aromatic nitrogens is 2. The Hall–Kier alpha value is -5.64. The summed E-state index contributed by atoms with van der Waals surface area (Å²) in [5.41, 5.74) is 3.12. The van der Waals surface area contributed by atoms with E-state index in [1.165, 1.54) is 0 Å². The molecule has 1 heterocycles. The van der Waals surface area contributed by atoms with Crippen molar-refractivity contribution in [3.63, 3.8) is 0 Å². The molecule has 5 aromatic rings. The third-order valence-corrected chi connectivity index (χ3v) is 5.30. The van der Waals surface area contributed by atoms with Crippen molar-refractivity contribution in [1.29, 1.82) is 0 Å². The van der Waals surface area contributed by atoms with Crippen LogP contribution in [-0.2, 0) is 0 Å². The molecular formula is C28H22N8O2. The van der Waals surface area contributed by atoms with Gasteiger partial charge in [0, 0.05) is 17.1 Å². The molecule has 0 bridgehead atoms. The van der Waals surface area contributed by atoms with Crippen LogP contribution in [0.1, 0.15) is 0 Å². The number of benzene rings is 4. The summed E-state index contributed by atoms with van der Waals surface area (Å²) in [6.45, 7) is 0. The van der Waals surface area contributed by atoms with Gasteiger partial charge in [-0.1, -0.05) is 54.6 Å². The van der Waals surface area contributed by atoms with Gasteiger partial charge in [-0.15, -0.1) is 0 Å². The van der Waals surface area contributed by atoms with E-state index >= 15 is 0 Å². The van der Waals surface area contributed by atoms with Crippen molar-refractivity contribution >= 4 is 51.7 Å². The number of hydrogen-bond donors (Lipinski definition) is 3. The zero-order valence-corrected chi connectivity index (χ0v) is 20.0. The zero-order chi connectivity index (χ0) is 26.2. The molecule has 1 aromatic heterocycles. The summed E-state index contributed by atoms with van der Waals surface area (Å²) in [5.74, 6) is 0.266. The normalized spacial score (nSPS) is 10.7. The molecule has 0 aliphatic carbocycles. The lowest BCUT2D eigenvalue weighted by Gasteiger charge is -2.13. The third kappa shape index (κ3) is 6.13. The van der Waals surface area contributed by atoms with E-state index in [1.54, 1.807) is 48.5 Å². The van der Waals surface area contributed by atoms with Crippen LogP contribution in [0.5, 0.6) is 0 Å². The second-order valence-corrected chi connectivity index (χ2v) is 8.04. The van der Waals surface area contributed by atoms with Crippen molar-refractivity contribution in [2.45, 2.75) is 0 Å². The Morgan fingerprint density at radius 1 is 0.553 bits per heavy atom. The Balaban J connectivity index is 1.45. The van der Waals surface area contributed by atoms with Crippen LogP contribution in [0.15, 0.2) is 125 Å². The van der Waals surface area contributed by atoms with Crippen LogP contribution >= 0.6 is 0 Å². The highest BCUT2D eigenvalue weighted by atomic mass is 16.6. The molecule has 0 aliphatic rings. The number of nitrogens with one attached hydrogen (secondary N) is 3. The summed E-state index contributed by atoms with van der Waals surface area (Å²) < 4.78 is 0. The van der Waals surface area contributed by atoms with Crippen molar-refractivity contribution in [3.8, 4) is 0 Å². The lowest BCUT2D eigenvalue weighted by Crippen LogP contribution is -2.09. The molecule has 0 aliphatic heterocycles. The summed E-state index contributed by atoms with van der Waals surface area (Å²) in [4.78, 5) is 20.4. The van der Waals surface area contributed by atoms with E-state index in [1.807, 2.05) is 66.7 Å². The summed E-state index contributed by atoms with van der Waals surface area (Å²) in [6, 6.07) is 34.9. The van der Waals surface area contributed by atoms with Gasteiger partial charge in [0.1, 0.15) is 0 Å². The predicted molar refractivity (Wildman–Crippen MR) is 148 cm³/mol. The first-order valence-electron chi connectivity index (χ1n) is 11.7. The van der Waals surface area contributed by atoms with Gasteiger partial charge in [0.2, 0.25) is 17.6 Å². The van der Waals surface area contributed by atoms with Crippen LogP contribution in [-0.4, -0.2) is 14.9 Å². The topological polar surface area (TPSA) is 130 Å². The summed E-state index contributed by atoms with van der Waals surface area (Å²) >= 11 is 0. The Kier molecular flexibility index (Phi) is 7.22. The Labute approximate surface area is 218 Å². The number of anilines is 6. The molecular weight excluding hydrogens is 480 g/mol. The second-order valence-electron chi connectivity index (χ2n) is 8.04. The molecule has 0 saturated heterocycles. The zero-order valence-electron chi connectivity index (χ0n) is 20.0. The van der Waals surface area contributed by atoms with Crippen molar-refractivity contribution in [1.82, 2.24) is 9.97 Å². The number of azo groups is 1. The van der Waals surface area contributed by atoms with Gasteiger partial charge in [0.25, 0.3) is 0 Å². The number of para-hydroxylation sites is 2. The van der Waals surface area contributed by atoms with Gasteiger partial charge >= 0.3 is 5.69 Å². The van der Waals surface area contributed by atoms with Gasteiger partial charge in [-0.2, -0.15) is 20.2 Å². The fourth-order valence-corrected chi connectivity index (χ4v) is 3.53. The van der Waals surface area contributed by atoms with Crippen molar-refractivity contribution < 1.29 is 4.92 Å². The largest absolute Gasteiger partial charge is 0.354 e. The Bertz CT molecular complexity index is 1480. The molecule has 4 aromatic carbocycles. The van der Waals surface area contributed by atoms with E-state index in [-0.39, 0.29) is 23.3 Å². The fraction of sp³-hybridized carbons (Fsp3) is 0. The molecule has 5 rings (SSSR count). The predicted octanol–water partition coefficient (Wildman–Crippen LogP) is 8.03. The van der Waals surface area contributed by atoms with Crippen LogP contribution in [0.25, 0.3) is 0 Å². The first-order valence-corrected chi connectivity index (χ1v) is 11.7. The van der Waals surface area contributed by atoms with Gasteiger partial charge in [-0.3, -0.25) is 10.1 Å². The summed E-state index contributed by atoms with van der Waals surface area (Å²) in [6.07, 6.45) is 0. The fourth-order valence-electron chi connectivity index (χ4n) is 3.53. The van der Waals surface area contributed by atoms with Gasteiger partial charge in [0.05, 0.1) is 16.3 Å². The van der Waals surface area contributed by atoms with Gasteiger partial charge in [-0.25, -0.2) is 0 Å². The average molecular weight is 503 g/mol. The number of rotatable bonds is 9. The van der Waals surface area contributed by atoms with Crippen molar-refractivity contribution in [2.24, 2.45) is 10.2 Å². The molecule has 3 N–H and O–H groups in total. The minimum Gasteiger partial charge on any atom is -0.334 e. The number of hydrogen-bond acceptors (Lipinski definition) is 9. The molecule has 10 heteroatoms. The van der Waals surface area contributed by atoms with Crippen molar-refractivity contribution in [2.75, 3.05) is 16.0 Å². The van der Waals surface area contributed by atoms with Gasteiger partial charge in [0.15, 0.2) is 0 Å². The molecule has 0 atom stereocenters. The van der Waals surface area contributed by atoms with Crippen LogP contribution in [0.4, 0.5) is 51.7 Å². The Morgan fingerprint density at radius 3 is 1.45 bits per heavy atom. The summed E-state index contributed by atoms with van der Waals surface area (Å²) in [7, 11) is 0. The highest BCUT2D eigenvalue weighted by molar-refractivity contribution is 5.79. The van der Waals surface area contributed by atoms with E-state index < -0.39 is 4.92 Å². The van der Waals surface area contributed by atoms with Gasteiger partial charge in [-0.05, 0) is 60.7 Å². The number of nitrogens with zero attached hydrogens (tertiary/aromatic N) is 5. The standard InChI is InChI=1S/C28H22N8O2/c37-36(38)25-26(29-20-10-4-1-5-11-20)32-28(33-27(25)30-21-12-6-2-7-13-21)31-22-16-18-24(19-17-22)35-34-23-14-8-3-9-15-23/h1-19H,(H3,29,30,31,32,33). The third-order valence-electron chi connectivity index (χ3n) is 5.30. The summed E-state index contributed by atoms with van der Waals surface area (Å²) in [5, 5.41) is 29.8. The number of nitro groups is 1. The smallest absolute Gasteiger partial charge is 0.334 e. The van der Waals surface area contributed by atoms with Crippen LogP contribution < -0.4 is 16.0 Å². The first-order chi connectivity index (χ1) is 18.6. The molecule has 0 fully saturated rings. The van der Waals surface area contributed by atoms with Crippen LogP contribution in [0.2, 0.25) is 0 Å². The minimum atomic E-state index is -0.507. The monoisotopic (exact) mass is 502 g/mol. The van der Waals surface area contributed by atoms with E-state index in [0.717, 1.165) is 5.69 Å². The molecule has 0 amide bonds. The maximum absolute atomic E-state index is 12.1. The second kappa shape index (κ2) is 11.4. The van der Waals surface area contributed by atoms with Gasteiger partial charge < -0.3 is 16.0 Å². The van der Waals surface area contributed by atoms with Crippen LogP contribution in [0, 0.1) is 10.1 Å². The quantitative estimate of drug-likeness (QED) is 0.106. The average Bonchev–Trinajstić information content (AvgIpc) is 2.94. The molecule has 0 saturated carbocycles. The van der Waals surface area contributed by atoms with E-state index in [4.69, 9.17) is 0 Å². The maximum atomic E-state index is 12.1. The van der Waals surface area contributed by atoms with Crippen LogP contribution in [0.3, 0.4) is 0 Å². The van der Waals surface area contributed by atoms with E-state index in [9.17, 15) is 10.1 Å². The first kappa shape index (κ1) is 24.1. The lowest BCUT2D eigenvalue weighted by atomic mass is 10.3. The molecule has 0 radical (unpaired) electrons. The maximum Gasteiger partial charge on any atom is 0.354 e. The SMILES string of the molecule is O=[N+]([O-])c1c(Nc2ccccc2)nc(Nc2ccc(N=Nc3ccccc3)cc2)nc1Nc1ccccc1. The highest BCUT2D eigenvalue weighted by Crippen LogP contribution is 2.35. The highest BCUT2D eigenvalue weighted by Gasteiger charge is 2.25. The van der Waals surface area contributed by atoms with E-state index in [0.29, 0.717) is 22.7 Å². The molecule has 38 heavy (non-hydrogen) atoms. The molecule has 0 unspecified atom stereocenters. The molecule has 0 spiro atoms. The van der Waals surface area contributed by atoms with E-state index in [2.05, 4.69) is 36.1 Å². The lowest BCUT2D eigenvalue weighted by molar-refractivity contribution is -0.383. The Morgan fingerprint density at radius 2 is 0.974 bits per heavy atom. The minimum absolute atomic E-state index is 0.0467. The van der Waals surface area contributed by atoms with Crippen molar-refractivity contribution in [3.05, 3.63) is 125 Å². The molecule has 186 valence electrons.